The molecule has 1 heterocycles. The number of allylic oxidation sites excluding steroid dienone is 9. The minimum Gasteiger partial charge on any atom is -0.454 e. The van der Waals surface area contributed by atoms with Crippen LogP contribution in [-0.2, 0) is 23.8 Å². The van der Waals surface area contributed by atoms with E-state index in [-0.39, 0.29) is 19.4 Å². The van der Waals surface area contributed by atoms with E-state index in [0.29, 0.717) is 12.8 Å². The number of hydrogen-bond donors (Lipinski definition) is 6. The molecule has 1 aliphatic heterocycles. The average molecular weight is 1060 g/mol. The van der Waals surface area contributed by atoms with Crippen LogP contribution in [0.1, 0.15) is 271 Å². The van der Waals surface area contributed by atoms with E-state index < -0.39 is 67.4 Å². The molecule has 0 aromatic heterocycles. The maximum Gasteiger partial charge on any atom is 0.306 e. The Morgan fingerprint density at radius 2 is 0.920 bits per heavy atom. The molecule has 11 nitrogen and oxygen atoms in total. The van der Waals surface area contributed by atoms with Crippen molar-refractivity contribution in [3.8, 4) is 0 Å². The normalized spacial score (nSPS) is 19.6. The van der Waals surface area contributed by atoms with Crippen molar-refractivity contribution in [2.45, 2.75) is 320 Å². The Morgan fingerprint density at radius 3 is 1.41 bits per heavy atom. The fraction of sp³-hybridized carbons (Fsp3) is 0.812. The Balaban J connectivity index is 2.67. The van der Waals surface area contributed by atoms with Crippen molar-refractivity contribution in [2.75, 3.05) is 13.2 Å². The maximum atomic E-state index is 13.4. The summed E-state index contributed by atoms with van der Waals surface area (Å²) in [5, 5.41) is 56.9. The van der Waals surface area contributed by atoms with Gasteiger partial charge in [-0.25, -0.2) is 0 Å². The summed E-state index contributed by atoms with van der Waals surface area (Å²) >= 11 is 0. The summed E-state index contributed by atoms with van der Waals surface area (Å²) in [6, 6.07) is -1.03. The summed E-state index contributed by atoms with van der Waals surface area (Å²) < 4.78 is 17.6. The van der Waals surface area contributed by atoms with Crippen LogP contribution in [-0.4, -0.2) is 99.6 Å². The molecule has 6 N–H and O–H groups in total. The van der Waals surface area contributed by atoms with Crippen molar-refractivity contribution < 1.29 is 49.3 Å². The quantitative estimate of drug-likeness (QED) is 0.0195. The fourth-order valence-corrected chi connectivity index (χ4v) is 9.42. The van der Waals surface area contributed by atoms with Gasteiger partial charge >= 0.3 is 5.97 Å². The smallest absolute Gasteiger partial charge is 0.306 e. The Labute approximate surface area is 458 Å². The Kier molecular flexibility index (Phi) is 48.9. The highest BCUT2D eigenvalue weighted by Crippen LogP contribution is 2.26. The largest absolute Gasteiger partial charge is 0.454 e. The van der Waals surface area contributed by atoms with Gasteiger partial charge in [0.15, 0.2) is 12.4 Å². The highest BCUT2D eigenvalue weighted by molar-refractivity contribution is 5.80. The van der Waals surface area contributed by atoms with Gasteiger partial charge in [-0.15, -0.1) is 0 Å². The van der Waals surface area contributed by atoms with E-state index in [1.54, 1.807) is 6.08 Å². The predicted octanol–water partition coefficient (Wildman–Crippen LogP) is 14.6. The van der Waals surface area contributed by atoms with Crippen LogP contribution in [0, 0.1) is 0 Å². The van der Waals surface area contributed by atoms with Crippen LogP contribution in [0.2, 0.25) is 0 Å². The van der Waals surface area contributed by atoms with Crippen LogP contribution in [0.15, 0.2) is 60.8 Å². The van der Waals surface area contributed by atoms with E-state index in [4.69, 9.17) is 14.2 Å². The zero-order valence-corrected chi connectivity index (χ0v) is 48.2. The number of unbranched alkanes of at least 4 members (excludes halogenated alkanes) is 30. The fourth-order valence-electron chi connectivity index (χ4n) is 9.42. The molecule has 0 bridgehead atoms. The molecule has 1 rings (SSSR count). The third kappa shape index (κ3) is 40.2. The van der Waals surface area contributed by atoms with Crippen molar-refractivity contribution >= 4 is 11.9 Å². The molecule has 0 radical (unpaired) electrons. The lowest BCUT2D eigenvalue weighted by atomic mass is 9.99. The number of carbonyl (C=O) groups excluding carboxylic acids is 2. The molecule has 11 heteroatoms. The standard InChI is InChI=1S/C64H115NO10/c1-4-7-10-13-16-19-22-25-26-27-28-29-30-31-32-34-37-40-43-46-49-52-59(69)75-62-61(71)60(70)58(53-66)74-64(62)73-54-55(56(67)50-47-44-41-38-35-24-21-18-15-12-9-6-3)65-63(72)57(68)51-48-45-42-39-36-33-23-20-17-14-11-8-5-2/h16,19,25-26,28-29,36,39,47,50,55-58,60-62,64,66-68,70-71H,4-15,17-18,20-24,27,30-35,37-38,40-46,48-49,51-54H2,1-3H3,(H,65,72)/b19-16-,26-25-,29-28-,39-36-,50-47+. The molecular weight excluding hydrogens is 943 g/mol. The molecule has 1 saturated heterocycles. The maximum absolute atomic E-state index is 13.4. The first-order chi connectivity index (χ1) is 36.7. The molecule has 8 unspecified atom stereocenters. The van der Waals surface area contributed by atoms with Crippen molar-refractivity contribution in [3.05, 3.63) is 60.8 Å². The van der Waals surface area contributed by atoms with Crippen LogP contribution >= 0.6 is 0 Å². The lowest BCUT2D eigenvalue weighted by Gasteiger charge is -2.41. The van der Waals surface area contributed by atoms with Gasteiger partial charge in [0.25, 0.3) is 0 Å². The van der Waals surface area contributed by atoms with E-state index in [0.717, 1.165) is 83.5 Å². The predicted molar refractivity (Wildman–Crippen MR) is 310 cm³/mol. The number of ether oxygens (including phenoxy) is 3. The van der Waals surface area contributed by atoms with E-state index in [9.17, 15) is 35.1 Å². The van der Waals surface area contributed by atoms with Crippen LogP contribution in [0.5, 0.6) is 0 Å². The van der Waals surface area contributed by atoms with Gasteiger partial charge in [-0.3, -0.25) is 9.59 Å². The molecule has 1 aliphatic rings. The lowest BCUT2D eigenvalue weighted by molar-refractivity contribution is -0.305. The molecule has 0 aromatic rings. The van der Waals surface area contributed by atoms with Gasteiger partial charge in [-0.2, -0.15) is 0 Å². The Bertz CT molecular complexity index is 1450. The molecule has 0 saturated carbocycles. The molecule has 0 spiro atoms. The second kappa shape index (κ2) is 52.1. The Hall–Kier alpha value is -2.64. The van der Waals surface area contributed by atoms with Gasteiger partial charge in [-0.1, -0.05) is 236 Å². The highest BCUT2D eigenvalue weighted by Gasteiger charge is 2.47. The Morgan fingerprint density at radius 1 is 0.520 bits per heavy atom. The SMILES string of the molecule is CCCCC/C=C\C/C=C\C/C=C\CCCCCCCCCCC(=O)OC1C(OCC(NC(=O)C(O)CCCC/C=C\CCCCCCCCC)C(O)/C=C/CCCCCCCCCCCC)OC(CO)C(O)C1O. The third-order valence-corrected chi connectivity index (χ3v) is 14.4. The number of aliphatic hydroxyl groups excluding tert-OH is 5. The van der Waals surface area contributed by atoms with Crippen molar-refractivity contribution in [2.24, 2.45) is 0 Å². The summed E-state index contributed by atoms with van der Waals surface area (Å²) in [5.74, 6) is -1.22. The summed E-state index contributed by atoms with van der Waals surface area (Å²) in [4.78, 5) is 26.5. The number of amides is 1. The molecule has 1 fully saturated rings. The van der Waals surface area contributed by atoms with Crippen LogP contribution < -0.4 is 5.32 Å². The topological polar surface area (TPSA) is 175 Å². The molecule has 75 heavy (non-hydrogen) atoms. The van der Waals surface area contributed by atoms with Crippen LogP contribution in [0.4, 0.5) is 0 Å². The van der Waals surface area contributed by atoms with Gasteiger partial charge in [0, 0.05) is 6.42 Å². The number of nitrogens with one attached hydrogen (secondary N) is 1. The number of hydrogen-bond acceptors (Lipinski definition) is 10. The van der Waals surface area contributed by atoms with Gasteiger partial charge < -0.3 is 45.1 Å². The minimum absolute atomic E-state index is 0.113. The average Bonchev–Trinajstić information content (AvgIpc) is 3.41. The van der Waals surface area contributed by atoms with Crippen molar-refractivity contribution in [3.63, 3.8) is 0 Å². The van der Waals surface area contributed by atoms with Crippen LogP contribution in [0.3, 0.4) is 0 Å². The summed E-state index contributed by atoms with van der Waals surface area (Å²) in [6.45, 7) is 5.74. The molecular formula is C64H115NO10. The van der Waals surface area contributed by atoms with Gasteiger partial charge in [0.2, 0.25) is 5.91 Å². The second-order valence-corrected chi connectivity index (χ2v) is 21.4. The van der Waals surface area contributed by atoms with Crippen molar-refractivity contribution in [1.82, 2.24) is 5.32 Å². The van der Waals surface area contributed by atoms with E-state index in [2.05, 4.69) is 74.7 Å². The first kappa shape index (κ1) is 70.4. The monoisotopic (exact) mass is 1060 g/mol. The number of rotatable bonds is 52. The summed E-state index contributed by atoms with van der Waals surface area (Å²) in [5.41, 5.74) is 0. The molecule has 0 aromatic carbocycles. The molecule has 1 amide bonds. The molecule has 8 atom stereocenters. The van der Waals surface area contributed by atoms with Gasteiger partial charge in [-0.05, 0) is 89.9 Å². The highest BCUT2D eigenvalue weighted by atomic mass is 16.7. The molecule has 436 valence electrons. The third-order valence-electron chi connectivity index (χ3n) is 14.4. The second-order valence-electron chi connectivity index (χ2n) is 21.4. The number of aliphatic hydroxyl groups is 5. The summed E-state index contributed by atoms with van der Waals surface area (Å²) in [6.07, 6.45) is 54.0. The first-order valence-corrected chi connectivity index (χ1v) is 31.1. The first-order valence-electron chi connectivity index (χ1n) is 31.1. The zero-order chi connectivity index (χ0) is 54.7. The van der Waals surface area contributed by atoms with Gasteiger partial charge in [0.1, 0.15) is 24.4 Å². The van der Waals surface area contributed by atoms with E-state index in [1.165, 1.54) is 141 Å². The lowest BCUT2D eigenvalue weighted by Crippen LogP contribution is -2.61. The zero-order valence-electron chi connectivity index (χ0n) is 48.2. The van der Waals surface area contributed by atoms with E-state index >= 15 is 0 Å². The minimum atomic E-state index is -1.62. The summed E-state index contributed by atoms with van der Waals surface area (Å²) in [7, 11) is 0. The number of carbonyl (C=O) groups is 2. The van der Waals surface area contributed by atoms with Crippen LogP contribution in [0.25, 0.3) is 0 Å². The van der Waals surface area contributed by atoms with E-state index in [1.807, 2.05) is 6.08 Å². The molecule has 0 aliphatic carbocycles. The van der Waals surface area contributed by atoms with Gasteiger partial charge in [0.05, 0.1) is 25.4 Å². The number of esters is 1. The van der Waals surface area contributed by atoms with Crippen molar-refractivity contribution in [1.29, 1.82) is 0 Å².